The lowest BCUT2D eigenvalue weighted by molar-refractivity contribution is -0.334. The highest BCUT2D eigenvalue weighted by Gasteiger charge is 2.48. The molecule has 1 aromatic carbocycles. The van der Waals surface area contributed by atoms with Crippen LogP contribution in [-0.2, 0) is 18.9 Å². The van der Waals surface area contributed by atoms with E-state index in [2.05, 4.69) is 4.74 Å². The van der Waals surface area contributed by atoms with Crippen LogP contribution in [0.5, 0.6) is 0 Å². The Kier molecular flexibility index (Phi) is 4.96. The topological polar surface area (TPSA) is 202 Å². The summed E-state index contributed by atoms with van der Waals surface area (Å²) in [6, 6.07) is 8.76. The van der Waals surface area contributed by atoms with Gasteiger partial charge in [-0.2, -0.15) is 5.26 Å². The molecule has 0 amide bonds. The normalized spacial score (nSPS) is 60.3. The minimum Gasteiger partial charge on any atom is -0.394 e. The summed E-state index contributed by atoms with van der Waals surface area (Å²) in [6.45, 7) is -7.79. The van der Waals surface area contributed by atoms with Crippen LogP contribution in [0.3, 0.4) is 0 Å². The van der Waals surface area contributed by atoms with Crippen LogP contribution < -0.4 is 0 Å². The number of nitriles is 1. The lowest BCUT2D eigenvalue weighted by atomic mass is 9.98. The number of hydrogen-bond donors (Lipinski definition) is 7. The first kappa shape index (κ1) is 14.5. The van der Waals surface area contributed by atoms with Crippen molar-refractivity contribution >= 4 is 0 Å². The molecule has 2 fully saturated rings. The summed E-state index contributed by atoms with van der Waals surface area (Å²) in [5.41, 5.74) is 0.0762. The summed E-state index contributed by atoms with van der Waals surface area (Å²) in [4.78, 5) is 0. The van der Waals surface area contributed by atoms with Crippen molar-refractivity contribution in [2.45, 2.75) is 67.4 Å². The first-order valence-corrected chi connectivity index (χ1v) is 8.86. The van der Waals surface area contributed by atoms with Gasteiger partial charge in [0.15, 0.2) is 18.7 Å². The van der Waals surface area contributed by atoms with Gasteiger partial charge in [-0.15, -0.1) is 0 Å². The number of nitrogens with zero attached hydrogens (tertiary/aromatic N) is 1. The highest BCUT2D eigenvalue weighted by molar-refractivity contribution is 5.22. The summed E-state index contributed by atoms with van der Waals surface area (Å²) in [5.74, 6) is 0. The zero-order valence-electron chi connectivity index (χ0n) is 26.0. The Balaban J connectivity index is 2.04. The van der Waals surface area contributed by atoms with Crippen LogP contribution in [0.2, 0.25) is 0 Å². The van der Waals surface area contributed by atoms with Gasteiger partial charge in [-0.05, 0) is 5.56 Å². The van der Waals surface area contributed by atoms with E-state index < -0.39 is 80.5 Å². The molecule has 2 heterocycles. The first-order chi connectivity index (χ1) is 18.7. The van der Waals surface area contributed by atoms with E-state index >= 15 is 0 Å². The molecule has 178 valence electrons. The van der Waals surface area contributed by atoms with Crippen LogP contribution in [0.4, 0.5) is 0 Å². The molecule has 0 aromatic heterocycles. The van der Waals surface area contributed by atoms with Gasteiger partial charge in [0.1, 0.15) is 48.7 Å². The molecule has 0 aliphatic carbocycles. The molecule has 1 aromatic rings. The zero-order valence-corrected chi connectivity index (χ0v) is 16.0. The Hall–Kier alpha value is -1.73. The van der Waals surface area contributed by atoms with E-state index in [-0.39, 0.29) is 5.56 Å². The minimum absolute atomic E-state index is 0.0762. The fraction of sp³-hybridized carbons (Fsp3) is 0.650. The second kappa shape index (κ2) is 10.9. The predicted molar refractivity (Wildman–Crippen MR) is 102 cm³/mol. The van der Waals surface area contributed by atoms with Crippen molar-refractivity contribution in [3.05, 3.63) is 35.9 Å². The van der Waals surface area contributed by atoms with Crippen LogP contribution in [0.25, 0.3) is 0 Å². The highest BCUT2D eigenvalue weighted by Crippen LogP contribution is 2.28. The Morgan fingerprint density at radius 2 is 1.47 bits per heavy atom. The zero-order chi connectivity index (χ0) is 32.5. The third-order valence-electron chi connectivity index (χ3n) is 4.31. The van der Waals surface area contributed by atoms with Crippen molar-refractivity contribution < 1.29 is 68.4 Å². The molecule has 2 aliphatic rings. The smallest absolute Gasteiger partial charge is 0.188 e. The SMILES string of the molecule is [2H]C([2H])(O)C1OC(OC([2H])([2H])C2OC(OC(C#N)c3ccccc3)C([2H])(O)C([2H])(O)C2([2H])O)C([2H])(O)C([2H])(O)C1([2H])O. The van der Waals surface area contributed by atoms with Crippen LogP contribution in [0.15, 0.2) is 30.3 Å². The van der Waals surface area contributed by atoms with Crippen molar-refractivity contribution in [3.8, 4) is 6.07 Å². The molecule has 2 saturated heterocycles. The Morgan fingerprint density at radius 1 is 0.906 bits per heavy atom. The molecular formula is C20H27NO11. The van der Waals surface area contributed by atoms with Crippen LogP contribution in [-0.4, -0.2) is 110 Å². The van der Waals surface area contributed by atoms with E-state index in [1.165, 1.54) is 24.3 Å². The summed E-state index contributed by atoms with van der Waals surface area (Å²) in [7, 11) is 0. The van der Waals surface area contributed by atoms with Crippen LogP contribution in [0, 0.1) is 11.3 Å². The molecule has 0 bridgehead atoms. The Morgan fingerprint density at radius 3 is 2.06 bits per heavy atom. The van der Waals surface area contributed by atoms with Crippen molar-refractivity contribution in [1.82, 2.24) is 0 Å². The van der Waals surface area contributed by atoms with E-state index in [4.69, 9.17) is 27.9 Å². The third-order valence-corrected chi connectivity index (χ3v) is 4.31. The number of benzene rings is 1. The number of hydrogen-bond acceptors (Lipinski definition) is 12. The van der Waals surface area contributed by atoms with Gasteiger partial charge < -0.3 is 54.7 Å². The van der Waals surface area contributed by atoms with E-state index in [9.17, 15) is 41.0 Å². The molecule has 0 radical (unpaired) electrons. The molecule has 11 atom stereocenters. The van der Waals surface area contributed by atoms with Crippen molar-refractivity contribution in [1.29, 1.82) is 5.26 Å². The van der Waals surface area contributed by atoms with Gasteiger partial charge in [0, 0.05) is 0 Å². The van der Waals surface area contributed by atoms with Crippen LogP contribution in [0.1, 0.15) is 25.4 Å². The Labute approximate surface area is 197 Å². The van der Waals surface area contributed by atoms with E-state index in [1.807, 2.05) is 0 Å². The molecular weight excluding hydrogens is 430 g/mol. The summed E-state index contributed by atoms with van der Waals surface area (Å²) >= 11 is 0. The minimum atomic E-state index is -4.23. The average Bonchev–Trinajstić information content (AvgIpc) is 2.83. The largest absolute Gasteiger partial charge is 0.394 e. The van der Waals surface area contributed by atoms with Gasteiger partial charge in [0.05, 0.1) is 32.9 Å². The highest BCUT2D eigenvalue weighted by atomic mass is 16.7. The van der Waals surface area contributed by atoms with Crippen molar-refractivity contribution in [2.24, 2.45) is 0 Å². The molecule has 12 heteroatoms. The van der Waals surface area contributed by atoms with Gasteiger partial charge in [-0.25, -0.2) is 0 Å². The number of rotatable bonds is 7. The van der Waals surface area contributed by atoms with E-state index in [0.717, 1.165) is 0 Å². The number of ether oxygens (including phenoxy) is 4. The molecule has 32 heavy (non-hydrogen) atoms. The van der Waals surface area contributed by atoms with Gasteiger partial charge in [-0.3, -0.25) is 0 Å². The fourth-order valence-corrected chi connectivity index (χ4v) is 2.65. The Bertz CT molecular complexity index is 1190. The summed E-state index contributed by atoms with van der Waals surface area (Å²) < 4.78 is 98.1. The quantitative estimate of drug-likeness (QED) is 0.213. The van der Waals surface area contributed by atoms with E-state index in [0.29, 0.717) is 0 Å². The molecule has 11 unspecified atom stereocenters. The monoisotopic (exact) mass is 467 g/mol. The maximum absolute atomic E-state index is 10.7. The summed E-state index contributed by atoms with van der Waals surface area (Å²) in [5, 5.41) is 82.0. The second-order valence-electron chi connectivity index (χ2n) is 6.35. The van der Waals surface area contributed by atoms with Gasteiger partial charge >= 0.3 is 0 Å². The molecule has 0 saturated carbocycles. The lowest BCUT2D eigenvalue weighted by Crippen LogP contribution is -2.61. The second-order valence-corrected chi connectivity index (χ2v) is 6.35. The standard InChI is InChI=1S/C20H27NO11/c21-6-10(9-4-2-1-3-5-9)30-20-18(28)16(26)14(24)12(32-20)8-29-19-17(27)15(25)13(23)11(7-22)31-19/h1-5,10-20,22-28H,7-8H2/i7D2,8D2,13D,14D,15D,16D,17D,18D. The molecule has 2 aliphatic heterocycles. The molecule has 12 nitrogen and oxygen atoms in total. The maximum atomic E-state index is 10.7. The summed E-state index contributed by atoms with van der Waals surface area (Å²) in [6.07, 6.45) is -38.3. The fourth-order valence-electron chi connectivity index (χ4n) is 2.65. The number of aliphatic hydroxyl groups is 7. The average molecular weight is 467 g/mol. The molecule has 0 spiro atoms. The van der Waals surface area contributed by atoms with Crippen molar-refractivity contribution in [3.63, 3.8) is 0 Å². The maximum Gasteiger partial charge on any atom is 0.188 e. The van der Waals surface area contributed by atoms with Crippen molar-refractivity contribution in [2.75, 3.05) is 13.1 Å². The predicted octanol–water partition coefficient (Wildman–Crippen LogP) is -3.11. The van der Waals surface area contributed by atoms with Gasteiger partial charge in [0.25, 0.3) is 0 Å². The van der Waals surface area contributed by atoms with Crippen LogP contribution >= 0.6 is 0 Å². The molecule has 3 rings (SSSR count). The van der Waals surface area contributed by atoms with Gasteiger partial charge in [0.2, 0.25) is 0 Å². The third kappa shape index (κ3) is 5.25. The lowest BCUT2D eigenvalue weighted by Gasteiger charge is -2.43. The molecule has 7 N–H and O–H groups in total. The van der Waals surface area contributed by atoms with Gasteiger partial charge in [-0.1, -0.05) is 30.3 Å². The van der Waals surface area contributed by atoms with E-state index in [1.54, 1.807) is 12.1 Å². The first-order valence-electron chi connectivity index (χ1n) is 13.9.